The first-order valence-corrected chi connectivity index (χ1v) is 20.9. The molecule has 0 bridgehead atoms. The molecule has 2 aliphatic heterocycles. The van der Waals surface area contributed by atoms with Crippen molar-refractivity contribution in [2.24, 2.45) is 22.9 Å². The fourth-order valence-corrected chi connectivity index (χ4v) is 10.2. The summed E-state index contributed by atoms with van der Waals surface area (Å²) in [5.41, 5.74) is 3.43. The fraction of sp³-hybridized carbons (Fsp3) is 0.489. The third kappa shape index (κ3) is 8.99. The number of thioether (sulfide) groups is 1. The van der Waals surface area contributed by atoms with Crippen molar-refractivity contribution >= 4 is 17.5 Å². The van der Waals surface area contributed by atoms with Crippen molar-refractivity contribution in [3.8, 4) is 11.5 Å². The maximum absolute atomic E-state index is 14.7. The van der Waals surface area contributed by atoms with E-state index in [2.05, 4.69) is 30.9 Å². The van der Waals surface area contributed by atoms with Gasteiger partial charge in [0.1, 0.15) is 23.9 Å². The average Bonchev–Trinajstić information content (AvgIpc) is 3.21. The number of allylic oxidation sites excluding steroid dienone is 1. The molecule has 2 heterocycles. The van der Waals surface area contributed by atoms with Gasteiger partial charge >= 0.3 is 0 Å². The van der Waals surface area contributed by atoms with Crippen molar-refractivity contribution in [1.29, 1.82) is 0 Å². The Kier molecular flexibility index (Phi) is 13.7. The van der Waals surface area contributed by atoms with E-state index in [4.69, 9.17) is 28.9 Å². The van der Waals surface area contributed by atoms with Crippen LogP contribution in [0.4, 0.5) is 4.39 Å². The first-order chi connectivity index (χ1) is 27.0. The number of hydrogen-bond acceptors (Lipinski definition) is 9. The first-order valence-electron chi connectivity index (χ1n) is 20.0. The van der Waals surface area contributed by atoms with Crippen LogP contribution in [0.2, 0.25) is 0 Å². The molecule has 2 aliphatic carbocycles. The van der Waals surface area contributed by atoms with Gasteiger partial charge in [-0.2, -0.15) is 0 Å². The van der Waals surface area contributed by atoms with Gasteiger partial charge in [0.15, 0.2) is 0 Å². The van der Waals surface area contributed by atoms with E-state index in [0.29, 0.717) is 30.8 Å². The zero-order chi connectivity index (χ0) is 38.0. The van der Waals surface area contributed by atoms with Crippen LogP contribution in [0.15, 0.2) is 107 Å². The zero-order valence-corrected chi connectivity index (χ0v) is 32.3. The Hall–Kier alpha value is -3.67. The number of aliphatic hydroxyl groups excluding tert-OH is 2. The van der Waals surface area contributed by atoms with Gasteiger partial charge in [-0.25, -0.2) is 4.39 Å². The molecule has 3 aromatic rings. The second-order valence-corrected chi connectivity index (χ2v) is 16.2. The van der Waals surface area contributed by atoms with E-state index < -0.39 is 12.1 Å². The quantitative estimate of drug-likeness (QED) is 0.0751. The van der Waals surface area contributed by atoms with Crippen LogP contribution in [0, 0.1) is 23.6 Å². The number of oxime groups is 1. The minimum Gasteiger partial charge on any atom is -0.489 e. The molecule has 55 heavy (non-hydrogen) atoms. The van der Waals surface area contributed by atoms with Crippen molar-refractivity contribution in [3.63, 3.8) is 0 Å². The molecule has 1 saturated heterocycles. The van der Waals surface area contributed by atoms with Crippen LogP contribution in [0.3, 0.4) is 0 Å². The highest BCUT2D eigenvalue weighted by atomic mass is 32.2. The standard InChI is InChI=1S/C45H54FNO7S/c1-2-25-52-45-41(55-34-16-4-3-5-17-34)29-39(47-54-42-20-10-13-26-50-42)36-27-31(14-8-11-23-48)35(18-9-12-24-49)43(44(36)45)37-28-33(21-22-40(37)53-45)51-30-32-15-6-7-19-38(32)46/h2-7,15-17,19,21-22,27-28,31,35,41-44,48-49H,1,8-14,18,20,23-26,29-30H2/t31-,35+,41-,42?,43+,44+,45+/m0/s1. The minimum atomic E-state index is -1.10. The molecule has 0 radical (unpaired) electrons. The topological polar surface area (TPSA) is 99.0 Å². The molecule has 1 unspecified atom stereocenters. The van der Waals surface area contributed by atoms with Gasteiger partial charge in [0.2, 0.25) is 12.1 Å². The number of rotatable bonds is 18. The summed E-state index contributed by atoms with van der Waals surface area (Å²) in [4.78, 5) is 7.32. The predicted molar refractivity (Wildman–Crippen MR) is 213 cm³/mol. The Morgan fingerprint density at radius 1 is 0.964 bits per heavy atom. The Morgan fingerprint density at radius 2 is 1.76 bits per heavy atom. The van der Waals surface area contributed by atoms with E-state index in [9.17, 15) is 14.6 Å². The minimum absolute atomic E-state index is 0.0845. The summed E-state index contributed by atoms with van der Waals surface area (Å²) in [5.74, 6) is -0.0950. The number of unbranched alkanes of at least 4 members (excludes halogenated alkanes) is 2. The van der Waals surface area contributed by atoms with E-state index in [-0.39, 0.29) is 61.2 Å². The predicted octanol–water partition coefficient (Wildman–Crippen LogP) is 9.36. The van der Waals surface area contributed by atoms with Gasteiger partial charge in [0.25, 0.3) is 0 Å². The Bertz CT molecular complexity index is 1780. The van der Waals surface area contributed by atoms with E-state index >= 15 is 0 Å². The summed E-state index contributed by atoms with van der Waals surface area (Å²) in [6.07, 6.45) is 12.1. The van der Waals surface area contributed by atoms with Crippen LogP contribution in [0.5, 0.6) is 11.5 Å². The second kappa shape index (κ2) is 19.0. The molecule has 1 saturated carbocycles. The summed E-state index contributed by atoms with van der Waals surface area (Å²) < 4.78 is 41.2. The number of halogens is 1. The smallest absolute Gasteiger partial charge is 0.231 e. The molecule has 2 fully saturated rings. The van der Waals surface area contributed by atoms with Crippen molar-refractivity contribution in [2.75, 3.05) is 26.4 Å². The third-order valence-corrected chi connectivity index (χ3v) is 12.7. The number of fused-ring (bicyclic) bond motifs is 2. The van der Waals surface area contributed by atoms with E-state index in [0.717, 1.165) is 78.9 Å². The first kappa shape index (κ1) is 39.6. The van der Waals surface area contributed by atoms with Crippen LogP contribution in [0.1, 0.15) is 81.3 Å². The molecule has 0 spiro atoms. The highest BCUT2D eigenvalue weighted by Crippen LogP contribution is 2.63. The SMILES string of the molecule is C=CCO[C@@]12Oc3ccc(OCc4ccccc4F)cc3[C@H]3[C@H](CCCCO)[C@@H](CCCCO)C=C(C(=NOC4CCCCO4)C[C@@H]1Sc1ccccc1)[C@H]32. The maximum Gasteiger partial charge on any atom is 0.231 e. The molecule has 3 aromatic carbocycles. The lowest BCUT2D eigenvalue weighted by atomic mass is 9.56. The van der Waals surface area contributed by atoms with Gasteiger partial charge in [-0.15, -0.1) is 18.3 Å². The lowest BCUT2D eigenvalue weighted by Gasteiger charge is -2.58. The maximum atomic E-state index is 14.7. The Labute approximate surface area is 328 Å². The molecule has 2 N–H and O–H groups in total. The largest absolute Gasteiger partial charge is 0.489 e. The van der Waals surface area contributed by atoms with Crippen LogP contribution in [-0.2, 0) is 20.9 Å². The monoisotopic (exact) mass is 771 g/mol. The summed E-state index contributed by atoms with van der Waals surface area (Å²) in [6, 6.07) is 23.0. The normalized spacial score (nSPS) is 27.7. The van der Waals surface area contributed by atoms with Gasteiger partial charge < -0.3 is 34.0 Å². The fourth-order valence-electron chi connectivity index (χ4n) is 8.87. The van der Waals surface area contributed by atoms with Gasteiger partial charge in [0.05, 0.1) is 30.1 Å². The number of benzene rings is 3. The van der Waals surface area contributed by atoms with Gasteiger partial charge in [-0.05, 0) is 92.3 Å². The van der Waals surface area contributed by atoms with Crippen molar-refractivity contribution in [2.45, 2.75) is 99.0 Å². The highest BCUT2D eigenvalue weighted by Gasteiger charge is 2.64. The third-order valence-electron chi connectivity index (χ3n) is 11.4. The Morgan fingerprint density at radius 3 is 2.53 bits per heavy atom. The van der Waals surface area contributed by atoms with Crippen LogP contribution in [-0.4, -0.2) is 59.7 Å². The highest BCUT2D eigenvalue weighted by molar-refractivity contribution is 8.00. The molecule has 7 atom stereocenters. The van der Waals surface area contributed by atoms with Crippen molar-refractivity contribution < 1.29 is 38.4 Å². The van der Waals surface area contributed by atoms with Crippen molar-refractivity contribution in [3.05, 3.63) is 114 Å². The van der Waals surface area contributed by atoms with E-state index in [1.54, 1.807) is 30.0 Å². The van der Waals surface area contributed by atoms with Gasteiger partial charge in [0, 0.05) is 48.0 Å². The zero-order valence-electron chi connectivity index (χ0n) is 31.5. The molecule has 4 aliphatic rings. The molecular weight excluding hydrogens is 718 g/mol. The van der Waals surface area contributed by atoms with Gasteiger partial charge in [-0.1, -0.05) is 66.5 Å². The molecular formula is C45H54FNO7S. The molecule has 7 rings (SSSR count). The summed E-state index contributed by atoms with van der Waals surface area (Å²) in [6.45, 7) is 5.34. The number of aliphatic hydroxyl groups is 2. The van der Waals surface area contributed by atoms with E-state index in [1.807, 2.05) is 36.4 Å². The summed E-state index contributed by atoms with van der Waals surface area (Å²) in [5, 5.41) is 24.4. The molecule has 10 heteroatoms. The lowest BCUT2D eigenvalue weighted by molar-refractivity contribution is -0.223. The van der Waals surface area contributed by atoms with Crippen molar-refractivity contribution in [1.82, 2.24) is 0 Å². The summed E-state index contributed by atoms with van der Waals surface area (Å²) in [7, 11) is 0. The van der Waals surface area contributed by atoms with Crippen LogP contribution in [0.25, 0.3) is 0 Å². The Balaban J connectivity index is 1.38. The molecule has 0 amide bonds. The summed E-state index contributed by atoms with van der Waals surface area (Å²) >= 11 is 1.73. The number of nitrogens with zero attached hydrogens (tertiary/aromatic N) is 1. The molecule has 294 valence electrons. The van der Waals surface area contributed by atoms with Crippen LogP contribution >= 0.6 is 11.8 Å². The number of ether oxygens (including phenoxy) is 4. The average molecular weight is 772 g/mol. The molecule has 8 nitrogen and oxygen atoms in total. The van der Waals surface area contributed by atoms with Gasteiger partial charge in [-0.3, -0.25) is 0 Å². The van der Waals surface area contributed by atoms with Crippen LogP contribution < -0.4 is 9.47 Å². The lowest BCUT2D eigenvalue weighted by Crippen LogP contribution is -2.64. The molecule has 0 aromatic heterocycles. The van der Waals surface area contributed by atoms with E-state index in [1.165, 1.54) is 6.07 Å². The second-order valence-electron chi connectivity index (χ2n) is 15.0. The number of hydrogen-bond donors (Lipinski definition) is 2.